The summed E-state index contributed by atoms with van der Waals surface area (Å²) in [7, 11) is 2.58. The summed E-state index contributed by atoms with van der Waals surface area (Å²) in [6.07, 6.45) is 3.84. The molecule has 0 aliphatic carbocycles. The number of nitrogens with zero attached hydrogens (tertiary/aromatic N) is 4. The molecule has 4 aromatic rings. The highest BCUT2D eigenvalue weighted by molar-refractivity contribution is 5.87. The summed E-state index contributed by atoms with van der Waals surface area (Å²) in [4.78, 5) is 71.1. The molecule has 6 atom stereocenters. The minimum absolute atomic E-state index is 0.116. The van der Waals surface area contributed by atoms with E-state index >= 15 is 0 Å². The summed E-state index contributed by atoms with van der Waals surface area (Å²) in [5.74, 6) is 7.95. The smallest absolute Gasteiger partial charge is 0.407 e. The first kappa shape index (κ1) is 41.5. The highest BCUT2D eigenvalue weighted by atomic mass is 16.5. The molecule has 2 aliphatic heterocycles. The summed E-state index contributed by atoms with van der Waals surface area (Å²) in [5, 5.41) is 5.40. The first-order valence-electron chi connectivity index (χ1n) is 19.9. The molecule has 0 spiro atoms. The lowest BCUT2D eigenvalue weighted by atomic mass is 10.0. The van der Waals surface area contributed by atoms with E-state index in [9.17, 15) is 19.2 Å². The molecule has 6 rings (SSSR count). The Bertz CT molecular complexity index is 2000. The van der Waals surface area contributed by atoms with Gasteiger partial charge in [-0.05, 0) is 71.9 Å². The minimum Gasteiger partial charge on any atom is -0.453 e. The first-order valence-corrected chi connectivity index (χ1v) is 19.9. The molecule has 4 heterocycles. The van der Waals surface area contributed by atoms with E-state index in [0.717, 1.165) is 46.5 Å². The number of nitrogens with one attached hydrogen (secondary N) is 4. The van der Waals surface area contributed by atoms with Crippen molar-refractivity contribution in [3.63, 3.8) is 0 Å². The van der Waals surface area contributed by atoms with Gasteiger partial charge in [0.25, 0.3) is 0 Å². The summed E-state index contributed by atoms with van der Waals surface area (Å²) in [6.45, 7) is 13.0. The average Bonchev–Trinajstić information content (AvgIpc) is 4.04. The van der Waals surface area contributed by atoms with Gasteiger partial charge in [0.1, 0.15) is 23.7 Å². The maximum atomic E-state index is 13.6. The molecule has 2 aromatic heterocycles. The Hall–Kier alpha value is -6.10. The van der Waals surface area contributed by atoms with Crippen LogP contribution in [0.1, 0.15) is 89.2 Å². The van der Waals surface area contributed by atoms with Gasteiger partial charge in [0, 0.05) is 24.2 Å². The minimum atomic E-state index is -0.702. The van der Waals surface area contributed by atoms with Crippen molar-refractivity contribution >= 4 is 24.0 Å². The number of hydrogen-bond acceptors (Lipinski definition) is 8. The van der Waals surface area contributed by atoms with Crippen molar-refractivity contribution in [1.29, 1.82) is 0 Å². The van der Waals surface area contributed by atoms with E-state index in [-0.39, 0.29) is 47.6 Å². The second kappa shape index (κ2) is 18.0. The van der Waals surface area contributed by atoms with Crippen LogP contribution < -0.4 is 10.6 Å². The predicted molar refractivity (Wildman–Crippen MR) is 219 cm³/mol. The number of likely N-dealkylation sites (tertiary alicyclic amines) is 2. The second-order valence-corrected chi connectivity index (χ2v) is 16.2. The second-order valence-electron chi connectivity index (χ2n) is 16.2. The first-order chi connectivity index (χ1) is 27.8. The summed E-state index contributed by atoms with van der Waals surface area (Å²) in [6, 6.07) is 14.0. The SMILES string of the molecule is COC(=O)N[C@H](C(=O)N1C[C@@H](C)C[C@H]1c1ncc(-c2ccc(C#Cc3ccc(-c4cnc([C@@H]5C[C@H](C)CN5C(=O)[C@@H](NC(=O)OC)C(C)C)[nH]4)cc3)cc2)[nH]1)C(C)C. The van der Waals surface area contributed by atoms with E-state index < -0.39 is 24.3 Å². The Kier molecular flexibility index (Phi) is 12.9. The van der Waals surface area contributed by atoms with Crippen LogP contribution in [0.4, 0.5) is 9.59 Å². The number of hydrogen-bond donors (Lipinski definition) is 4. The number of aromatic nitrogens is 4. The van der Waals surface area contributed by atoms with E-state index in [1.807, 2.05) is 86.0 Å². The van der Waals surface area contributed by atoms with Gasteiger partial charge in [0.15, 0.2) is 0 Å². The molecule has 0 unspecified atom stereocenters. The molecule has 4 N–H and O–H groups in total. The van der Waals surface area contributed by atoms with Crippen molar-refractivity contribution < 1.29 is 28.7 Å². The van der Waals surface area contributed by atoms with E-state index in [1.165, 1.54) is 14.2 Å². The number of rotatable bonds is 10. The van der Waals surface area contributed by atoms with Crippen LogP contribution in [-0.2, 0) is 19.1 Å². The Labute approximate surface area is 339 Å². The third kappa shape index (κ3) is 9.36. The lowest BCUT2D eigenvalue weighted by molar-refractivity contribution is -0.136. The molecule has 2 aromatic carbocycles. The normalized spacial score (nSPS) is 20.0. The molecule has 2 fully saturated rings. The molecule has 14 nitrogen and oxygen atoms in total. The molecule has 0 radical (unpaired) electrons. The van der Waals surface area contributed by atoms with Gasteiger partial charge in [-0.3, -0.25) is 9.59 Å². The van der Waals surface area contributed by atoms with Gasteiger partial charge in [0.2, 0.25) is 11.8 Å². The molecule has 4 amide bonds. The van der Waals surface area contributed by atoms with Crippen LogP contribution >= 0.6 is 0 Å². The molecule has 14 heteroatoms. The highest BCUT2D eigenvalue weighted by Gasteiger charge is 2.41. The number of methoxy groups -OCH3 is 2. The van der Waals surface area contributed by atoms with Gasteiger partial charge >= 0.3 is 12.2 Å². The maximum Gasteiger partial charge on any atom is 0.407 e. The fourth-order valence-electron chi connectivity index (χ4n) is 7.77. The van der Waals surface area contributed by atoms with Crippen LogP contribution in [0.25, 0.3) is 22.5 Å². The zero-order valence-electron chi connectivity index (χ0n) is 34.5. The number of benzene rings is 2. The van der Waals surface area contributed by atoms with Gasteiger partial charge < -0.3 is 39.9 Å². The van der Waals surface area contributed by atoms with Crippen molar-refractivity contribution in [1.82, 2.24) is 40.4 Å². The topological polar surface area (TPSA) is 175 Å². The summed E-state index contributed by atoms with van der Waals surface area (Å²) < 4.78 is 9.53. The van der Waals surface area contributed by atoms with Crippen LogP contribution in [0.5, 0.6) is 0 Å². The molecule has 2 aliphatic rings. The maximum absolute atomic E-state index is 13.6. The Morgan fingerprint density at radius 1 is 0.655 bits per heavy atom. The van der Waals surface area contributed by atoms with Crippen molar-refractivity contribution in [3.05, 3.63) is 83.7 Å². The highest BCUT2D eigenvalue weighted by Crippen LogP contribution is 2.37. The van der Waals surface area contributed by atoms with E-state index in [4.69, 9.17) is 9.47 Å². The molecule has 0 saturated carbocycles. The van der Waals surface area contributed by atoms with Gasteiger partial charge in [0.05, 0.1) is 50.1 Å². The van der Waals surface area contributed by atoms with Gasteiger partial charge in [-0.2, -0.15) is 0 Å². The lowest BCUT2D eigenvalue weighted by Gasteiger charge is -2.30. The Morgan fingerprint density at radius 3 is 1.34 bits per heavy atom. The number of H-pyrrole nitrogens is 2. The van der Waals surface area contributed by atoms with Gasteiger partial charge in [-0.15, -0.1) is 0 Å². The van der Waals surface area contributed by atoms with Crippen LogP contribution in [0.3, 0.4) is 0 Å². The van der Waals surface area contributed by atoms with Crippen LogP contribution in [0.2, 0.25) is 0 Å². The molecule has 306 valence electrons. The number of carbonyl (C=O) groups excluding carboxylic acids is 4. The fourth-order valence-corrected chi connectivity index (χ4v) is 7.77. The third-order valence-corrected chi connectivity index (χ3v) is 10.9. The average molecular weight is 791 g/mol. The number of ether oxygens (including phenoxy) is 2. The number of aromatic amines is 2. The number of alkyl carbamates (subject to hydrolysis) is 2. The molecule has 0 bridgehead atoms. The fraction of sp³-hybridized carbons (Fsp3) is 0.455. The van der Waals surface area contributed by atoms with Crippen molar-refractivity contribution in [2.24, 2.45) is 23.7 Å². The van der Waals surface area contributed by atoms with E-state index in [1.54, 1.807) is 12.4 Å². The quantitative estimate of drug-likeness (QED) is 0.133. The lowest BCUT2D eigenvalue weighted by Crippen LogP contribution is -2.51. The number of imidazole rings is 2. The molecule has 58 heavy (non-hydrogen) atoms. The monoisotopic (exact) mass is 790 g/mol. The van der Waals surface area contributed by atoms with Crippen molar-refractivity contribution in [2.75, 3.05) is 27.3 Å². The van der Waals surface area contributed by atoms with Gasteiger partial charge in [-0.1, -0.05) is 77.6 Å². The van der Waals surface area contributed by atoms with Crippen LogP contribution in [0.15, 0.2) is 60.9 Å². The molecular formula is C44H54N8O6. The predicted octanol–water partition coefficient (Wildman–Crippen LogP) is 6.45. The Balaban J connectivity index is 1.09. The van der Waals surface area contributed by atoms with Crippen LogP contribution in [0, 0.1) is 35.5 Å². The van der Waals surface area contributed by atoms with Crippen molar-refractivity contribution in [2.45, 2.75) is 78.6 Å². The van der Waals surface area contributed by atoms with E-state index in [2.05, 4.69) is 56.3 Å². The summed E-state index contributed by atoms with van der Waals surface area (Å²) >= 11 is 0. The van der Waals surface area contributed by atoms with Crippen LogP contribution in [-0.4, -0.2) is 93.1 Å². The van der Waals surface area contributed by atoms with E-state index in [0.29, 0.717) is 24.7 Å². The molecular weight excluding hydrogens is 737 g/mol. The Morgan fingerprint density at radius 2 is 1.02 bits per heavy atom. The third-order valence-electron chi connectivity index (χ3n) is 10.9. The van der Waals surface area contributed by atoms with Crippen molar-refractivity contribution in [3.8, 4) is 34.4 Å². The standard InChI is InChI=1S/C44H54N8O6/c1-25(2)37(49-43(55)57-7)41(53)51-23-27(5)19-35(51)39-45-21-33(47-39)31-15-11-29(12-16-31)9-10-30-13-17-32(18-14-30)34-22-46-40(48-34)36-20-28(6)24-52(36)42(54)38(26(3)4)50-44(56)58-8/h11-18,21-22,25-28,35-38H,19-20,23-24H2,1-8H3,(H,45,47)(H,46,48)(H,49,55)(H,50,56)/t27-,28-,35-,36-,37-,38-/m0/s1. The molecule has 2 saturated heterocycles. The zero-order valence-corrected chi connectivity index (χ0v) is 34.5. The van der Waals surface area contributed by atoms with Gasteiger partial charge in [-0.25, -0.2) is 19.6 Å². The number of carbonyl (C=O) groups is 4. The summed E-state index contributed by atoms with van der Waals surface area (Å²) in [5.41, 5.74) is 5.28. The largest absolute Gasteiger partial charge is 0.453 e. The number of amides is 4. The zero-order chi connectivity index (χ0) is 41.7.